The summed E-state index contributed by atoms with van der Waals surface area (Å²) in [5.74, 6) is 0.0825. The Bertz CT molecular complexity index is 639. The molecule has 0 aromatic heterocycles. The van der Waals surface area contributed by atoms with Gasteiger partial charge < -0.3 is 9.22 Å². The molecule has 0 N–H and O–H groups in total. The van der Waals surface area contributed by atoms with Crippen LogP contribution in [-0.4, -0.2) is 48.5 Å². The van der Waals surface area contributed by atoms with Crippen LogP contribution in [0.25, 0.3) is 0 Å². The molecule has 0 amide bonds. The van der Waals surface area contributed by atoms with Crippen LogP contribution in [0.4, 0.5) is 0 Å². The van der Waals surface area contributed by atoms with Gasteiger partial charge in [-0.3, -0.25) is 9.59 Å². The Morgan fingerprint density at radius 1 is 1.22 bits per heavy atom. The summed E-state index contributed by atoms with van der Waals surface area (Å²) in [5, 5.41) is 0. The van der Waals surface area contributed by atoms with Crippen molar-refractivity contribution in [2.24, 2.45) is 5.92 Å². The Balaban J connectivity index is 0.00000364. The number of piperidine rings is 1. The maximum atomic E-state index is 12.9. The van der Waals surface area contributed by atoms with E-state index in [4.69, 9.17) is 4.74 Å². The number of quaternary nitrogens is 1. The molecule has 2 rings (SSSR count). The number of carbonyl (C=O) groups is 2. The Hall–Kier alpha value is -0.576. The summed E-state index contributed by atoms with van der Waals surface area (Å²) in [7, 11) is 0. The van der Waals surface area contributed by atoms with E-state index in [1.54, 1.807) is 0 Å². The molecule has 2 atom stereocenters. The van der Waals surface area contributed by atoms with Crippen molar-refractivity contribution in [3.05, 3.63) is 34.9 Å². The molecule has 1 aliphatic rings. The van der Waals surface area contributed by atoms with E-state index in [0.29, 0.717) is 17.4 Å². The van der Waals surface area contributed by atoms with Crippen molar-refractivity contribution in [3.63, 3.8) is 0 Å². The van der Waals surface area contributed by atoms with E-state index in [9.17, 15) is 9.59 Å². The molecule has 0 aliphatic carbocycles. The smallest absolute Gasteiger partial charge is 0.314 e. The van der Waals surface area contributed by atoms with Gasteiger partial charge in [-0.05, 0) is 64.2 Å². The van der Waals surface area contributed by atoms with Crippen LogP contribution in [0.2, 0.25) is 0 Å². The van der Waals surface area contributed by atoms with Gasteiger partial charge in [0.25, 0.3) is 0 Å². The van der Waals surface area contributed by atoms with Crippen LogP contribution >= 0.6 is 0 Å². The van der Waals surface area contributed by atoms with Gasteiger partial charge >= 0.3 is 5.97 Å². The first-order valence-corrected chi connectivity index (χ1v) is 9.88. The van der Waals surface area contributed by atoms with Crippen molar-refractivity contribution < 1.29 is 51.5 Å². The fourth-order valence-electron chi connectivity index (χ4n) is 4.14. The van der Waals surface area contributed by atoms with Crippen molar-refractivity contribution in [2.45, 2.75) is 60.0 Å². The normalized spacial score (nSPS) is 22.2. The largest absolute Gasteiger partial charge is 0.463 e. The third-order valence-electron chi connectivity index (χ3n) is 5.68. The quantitative estimate of drug-likeness (QED) is 0.472. The van der Waals surface area contributed by atoms with Gasteiger partial charge in [0.1, 0.15) is 12.5 Å². The molecule has 0 bridgehead atoms. The Morgan fingerprint density at radius 2 is 1.85 bits per heavy atom. The van der Waals surface area contributed by atoms with Gasteiger partial charge in [0.15, 0.2) is 5.78 Å². The summed E-state index contributed by atoms with van der Waals surface area (Å²) >= 11 is 0. The number of carbonyl (C=O) groups excluding carboxylic acids is 2. The molecule has 2 unspecified atom stereocenters. The molecule has 1 aromatic rings. The summed E-state index contributed by atoms with van der Waals surface area (Å²) < 4.78 is 6.14. The molecule has 1 fully saturated rings. The van der Waals surface area contributed by atoms with E-state index in [0.717, 1.165) is 38.0 Å². The van der Waals surface area contributed by atoms with Gasteiger partial charge in [0.05, 0.1) is 25.7 Å². The van der Waals surface area contributed by atoms with Crippen LogP contribution in [0.3, 0.4) is 0 Å². The molecule has 1 saturated heterocycles. The van der Waals surface area contributed by atoms with Gasteiger partial charge in [0, 0.05) is 39.1 Å². The monoisotopic (exact) mass is 449 g/mol. The molecule has 1 radical (unpaired) electrons. The maximum Gasteiger partial charge on any atom is 0.314 e. The van der Waals surface area contributed by atoms with E-state index in [1.807, 2.05) is 19.9 Å². The van der Waals surface area contributed by atoms with Crippen molar-refractivity contribution in [1.29, 1.82) is 0 Å². The predicted molar refractivity (Wildman–Crippen MR) is 104 cm³/mol. The fraction of sp³-hybridized carbons (Fsp3) is 0.636. The predicted octanol–water partition coefficient (Wildman–Crippen LogP) is 3.61. The number of likely N-dealkylation sites (N-methyl/N-ethyl adjacent to an activating group) is 1. The van der Waals surface area contributed by atoms with Crippen LogP contribution in [-0.2, 0) is 53.5 Å². The minimum atomic E-state index is -0.0992. The first kappa shape index (κ1) is 24.5. The SMILES string of the molecule is CC[N+]1(CC(=O)Cc2c(C)cccc2C)CCCC(C(=O)OC(C)C)C1.[Y]. The van der Waals surface area contributed by atoms with Crippen LogP contribution in [0.15, 0.2) is 18.2 Å². The molecule has 5 heteroatoms. The number of ether oxygens (including phenoxy) is 1. The summed E-state index contributed by atoms with van der Waals surface area (Å²) in [6.45, 7) is 13.1. The number of likely N-dealkylation sites (tertiary alicyclic amines) is 1. The van der Waals surface area contributed by atoms with Crippen molar-refractivity contribution in [3.8, 4) is 0 Å². The van der Waals surface area contributed by atoms with Crippen LogP contribution in [0.5, 0.6) is 0 Å². The standard InChI is InChI=1S/C22H34NO3.Y/c1-6-23(12-8-11-19(14-23)22(25)26-16(2)3)15-20(24)13-21-17(4)9-7-10-18(21)5;/h7,9-10,16,19H,6,8,11-15H2,1-5H3;/q+1;. The Morgan fingerprint density at radius 3 is 2.41 bits per heavy atom. The average Bonchev–Trinajstić information content (AvgIpc) is 2.58. The zero-order valence-corrected chi connectivity index (χ0v) is 20.4. The second kappa shape index (κ2) is 10.8. The van der Waals surface area contributed by atoms with Crippen LogP contribution < -0.4 is 0 Å². The average molecular weight is 449 g/mol. The van der Waals surface area contributed by atoms with E-state index in [1.165, 1.54) is 11.1 Å². The molecule has 0 saturated carbocycles. The Kier molecular flexibility index (Phi) is 9.81. The summed E-state index contributed by atoms with van der Waals surface area (Å²) in [4.78, 5) is 25.2. The number of nitrogens with zero attached hydrogens (tertiary/aromatic N) is 1. The fourth-order valence-corrected chi connectivity index (χ4v) is 4.14. The third-order valence-corrected chi connectivity index (χ3v) is 5.68. The number of ketones is 1. The van der Waals surface area contributed by atoms with Crippen molar-refractivity contribution in [2.75, 3.05) is 26.2 Å². The molecule has 4 nitrogen and oxygen atoms in total. The summed E-state index contributed by atoms with van der Waals surface area (Å²) in [5.41, 5.74) is 3.51. The topological polar surface area (TPSA) is 43.4 Å². The van der Waals surface area contributed by atoms with E-state index in [2.05, 4.69) is 32.9 Å². The Labute approximate surface area is 189 Å². The zero-order chi connectivity index (χ0) is 19.3. The molecule has 0 spiro atoms. The van der Waals surface area contributed by atoms with Gasteiger partial charge in [-0.25, -0.2) is 0 Å². The van der Waals surface area contributed by atoms with Crippen molar-refractivity contribution >= 4 is 11.8 Å². The molecule has 1 aromatic carbocycles. The number of hydrogen-bond donors (Lipinski definition) is 0. The molecular weight excluding hydrogens is 415 g/mol. The van der Waals surface area contributed by atoms with Gasteiger partial charge in [-0.1, -0.05) is 18.2 Å². The summed E-state index contributed by atoms with van der Waals surface area (Å²) in [6, 6.07) is 6.17. The van der Waals surface area contributed by atoms with E-state index < -0.39 is 0 Å². The minimum absolute atomic E-state index is 0. The minimum Gasteiger partial charge on any atom is -0.463 e. The number of benzene rings is 1. The number of Topliss-reactive ketones (excluding diaryl/α,β-unsaturated/α-hetero) is 1. The first-order chi connectivity index (χ1) is 12.3. The number of hydrogen-bond acceptors (Lipinski definition) is 3. The molecule has 1 heterocycles. The van der Waals surface area contributed by atoms with Crippen LogP contribution in [0, 0.1) is 19.8 Å². The van der Waals surface area contributed by atoms with Gasteiger partial charge in [-0.15, -0.1) is 0 Å². The molecular formula is C22H34NO3Y+. The number of aryl methyl sites for hydroxylation is 2. The van der Waals surface area contributed by atoms with Crippen molar-refractivity contribution in [1.82, 2.24) is 0 Å². The molecule has 1 aliphatic heterocycles. The van der Waals surface area contributed by atoms with E-state index >= 15 is 0 Å². The second-order valence-corrected chi connectivity index (χ2v) is 8.13. The van der Waals surface area contributed by atoms with Crippen LogP contribution in [0.1, 0.15) is 50.3 Å². The maximum absolute atomic E-state index is 12.9. The zero-order valence-electron chi connectivity index (χ0n) is 17.6. The van der Waals surface area contributed by atoms with Gasteiger partial charge in [0.2, 0.25) is 0 Å². The van der Waals surface area contributed by atoms with E-state index in [-0.39, 0.29) is 56.5 Å². The number of rotatable bonds is 7. The summed E-state index contributed by atoms with van der Waals surface area (Å²) in [6.07, 6.45) is 2.25. The number of esters is 1. The molecule has 27 heavy (non-hydrogen) atoms. The third kappa shape index (κ3) is 6.76. The molecule has 147 valence electrons. The first-order valence-electron chi connectivity index (χ1n) is 9.88. The second-order valence-electron chi connectivity index (χ2n) is 8.13. The van der Waals surface area contributed by atoms with Gasteiger partial charge in [-0.2, -0.15) is 0 Å².